The largest absolute Gasteiger partial charge is 0.308 e. The summed E-state index contributed by atoms with van der Waals surface area (Å²) in [6.07, 6.45) is 4.91. The second-order valence-corrected chi connectivity index (χ2v) is 6.33. The molecule has 5 nitrogen and oxygen atoms in total. The van der Waals surface area contributed by atoms with Crippen LogP contribution in [-0.2, 0) is 10.2 Å². The van der Waals surface area contributed by atoms with Crippen LogP contribution < -0.4 is 10.6 Å². The Morgan fingerprint density at radius 2 is 2.11 bits per heavy atom. The molecule has 1 aromatic heterocycles. The van der Waals surface area contributed by atoms with Gasteiger partial charge in [0.1, 0.15) is 0 Å². The number of rotatable bonds is 4. The van der Waals surface area contributed by atoms with Crippen LogP contribution in [0.5, 0.6) is 0 Å². The van der Waals surface area contributed by atoms with E-state index in [1.807, 2.05) is 6.07 Å². The minimum absolute atomic E-state index is 0.0120. The van der Waals surface area contributed by atoms with Crippen LogP contribution in [0.25, 0.3) is 0 Å². The molecule has 0 aromatic carbocycles. The van der Waals surface area contributed by atoms with Crippen molar-refractivity contribution < 1.29 is 4.79 Å². The van der Waals surface area contributed by atoms with Crippen LogP contribution in [-0.4, -0.2) is 28.7 Å². The fourth-order valence-electron chi connectivity index (χ4n) is 2.32. The summed E-state index contributed by atoms with van der Waals surface area (Å²) in [5, 5.41) is 13.2. The van der Waals surface area contributed by atoms with Crippen LogP contribution in [0.1, 0.15) is 52.1 Å². The topological polar surface area (TPSA) is 69.8 Å². The first kappa shape index (κ1) is 14.1. The molecule has 0 aliphatic heterocycles. The molecule has 0 atom stereocenters. The van der Waals surface area contributed by atoms with Gasteiger partial charge in [0, 0.05) is 23.2 Å². The summed E-state index contributed by atoms with van der Waals surface area (Å²) < 4.78 is 0. The van der Waals surface area contributed by atoms with Crippen LogP contribution in [0.3, 0.4) is 0 Å². The van der Waals surface area contributed by atoms with Gasteiger partial charge in [0.15, 0.2) is 5.82 Å². The first-order valence-corrected chi connectivity index (χ1v) is 7.04. The van der Waals surface area contributed by atoms with Gasteiger partial charge in [0.05, 0.1) is 6.54 Å². The van der Waals surface area contributed by atoms with Gasteiger partial charge in [-0.25, -0.2) is 0 Å². The molecule has 0 spiro atoms. The van der Waals surface area contributed by atoms with Crippen LogP contribution >= 0.6 is 0 Å². The van der Waals surface area contributed by atoms with E-state index >= 15 is 0 Å². The van der Waals surface area contributed by atoms with Crippen molar-refractivity contribution in [3.05, 3.63) is 11.8 Å². The monoisotopic (exact) mass is 264 g/mol. The second-order valence-electron chi connectivity index (χ2n) is 6.33. The van der Waals surface area contributed by atoms with Crippen molar-refractivity contribution in [2.75, 3.05) is 11.9 Å². The van der Waals surface area contributed by atoms with Crippen molar-refractivity contribution in [2.24, 2.45) is 0 Å². The van der Waals surface area contributed by atoms with E-state index in [0.29, 0.717) is 18.4 Å². The van der Waals surface area contributed by atoms with E-state index in [2.05, 4.69) is 41.6 Å². The number of aromatic nitrogens is 2. The molecule has 3 N–H and O–H groups in total. The molecule has 0 saturated heterocycles. The minimum Gasteiger partial charge on any atom is -0.308 e. The molecule has 5 heteroatoms. The maximum absolute atomic E-state index is 11.8. The molecule has 1 saturated carbocycles. The van der Waals surface area contributed by atoms with Gasteiger partial charge in [-0.2, -0.15) is 5.10 Å². The van der Waals surface area contributed by atoms with E-state index in [4.69, 9.17) is 0 Å². The van der Waals surface area contributed by atoms with Gasteiger partial charge in [-0.05, 0) is 12.8 Å². The summed E-state index contributed by atoms with van der Waals surface area (Å²) >= 11 is 0. The maximum Gasteiger partial charge on any atom is 0.239 e. The van der Waals surface area contributed by atoms with E-state index in [0.717, 1.165) is 5.69 Å². The Kier molecular flexibility index (Phi) is 4.24. The van der Waals surface area contributed by atoms with E-state index in [9.17, 15) is 4.79 Å². The summed E-state index contributed by atoms with van der Waals surface area (Å²) in [6.45, 7) is 6.68. The molecule has 106 valence electrons. The van der Waals surface area contributed by atoms with Crippen molar-refractivity contribution >= 4 is 11.7 Å². The average Bonchev–Trinajstić information content (AvgIpc) is 2.95. The number of anilines is 1. The third kappa shape index (κ3) is 4.06. The number of carbonyl (C=O) groups is 1. The lowest BCUT2D eigenvalue weighted by Crippen LogP contribution is -2.34. The zero-order valence-corrected chi connectivity index (χ0v) is 12.0. The lowest BCUT2D eigenvalue weighted by Gasteiger charge is -2.14. The summed E-state index contributed by atoms with van der Waals surface area (Å²) in [7, 11) is 0. The molecule has 0 bridgehead atoms. The highest BCUT2D eigenvalue weighted by atomic mass is 16.2. The van der Waals surface area contributed by atoms with Crippen molar-refractivity contribution in [1.82, 2.24) is 15.5 Å². The number of nitrogens with zero attached hydrogens (tertiary/aromatic N) is 1. The third-order valence-corrected chi connectivity index (χ3v) is 3.56. The fraction of sp³-hybridized carbons (Fsp3) is 0.714. The number of aromatic amines is 1. The predicted molar refractivity (Wildman–Crippen MR) is 76.2 cm³/mol. The Balaban J connectivity index is 1.80. The normalized spacial score (nSPS) is 16.8. The molecule has 1 aliphatic carbocycles. The van der Waals surface area contributed by atoms with Crippen LogP contribution in [0.4, 0.5) is 5.82 Å². The molecule has 1 heterocycles. The summed E-state index contributed by atoms with van der Waals surface area (Å²) in [5.41, 5.74) is 1.03. The average molecular weight is 264 g/mol. The molecule has 2 rings (SSSR count). The van der Waals surface area contributed by atoms with Crippen molar-refractivity contribution in [3.8, 4) is 0 Å². The molecule has 0 radical (unpaired) electrons. The fourth-order valence-corrected chi connectivity index (χ4v) is 2.32. The van der Waals surface area contributed by atoms with E-state index in [1.165, 1.54) is 25.7 Å². The lowest BCUT2D eigenvalue weighted by molar-refractivity contribution is -0.115. The predicted octanol–water partition coefficient (Wildman–Crippen LogP) is 2.18. The Labute approximate surface area is 114 Å². The van der Waals surface area contributed by atoms with Crippen LogP contribution in [0.15, 0.2) is 6.07 Å². The highest BCUT2D eigenvalue weighted by Gasteiger charge is 2.18. The first-order valence-electron chi connectivity index (χ1n) is 7.04. The van der Waals surface area contributed by atoms with Gasteiger partial charge in [0.2, 0.25) is 5.91 Å². The van der Waals surface area contributed by atoms with Gasteiger partial charge in [-0.3, -0.25) is 9.89 Å². The van der Waals surface area contributed by atoms with Crippen LogP contribution in [0.2, 0.25) is 0 Å². The Morgan fingerprint density at radius 3 is 2.68 bits per heavy atom. The molecule has 19 heavy (non-hydrogen) atoms. The van der Waals surface area contributed by atoms with Gasteiger partial charge in [-0.1, -0.05) is 33.6 Å². The van der Waals surface area contributed by atoms with Crippen molar-refractivity contribution in [1.29, 1.82) is 0 Å². The zero-order valence-electron chi connectivity index (χ0n) is 12.0. The number of nitrogens with one attached hydrogen (secondary N) is 3. The SMILES string of the molecule is CC(C)(C)c1cc(NC(=O)CNC2CCCC2)n[nH]1. The summed E-state index contributed by atoms with van der Waals surface area (Å²) in [4.78, 5) is 11.8. The van der Waals surface area contributed by atoms with Gasteiger partial charge in [-0.15, -0.1) is 0 Å². The third-order valence-electron chi connectivity index (χ3n) is 3.56. The number of amides is 1. The molecule has 1 fully saturated rings. The van der Waals surface area contributed by atoms with E-state index in [1.54, 1.807) is 0 Å². The summed E-state index contributed by atoms with van der Waals surface area (Å²) in [5.74, 6) is 0.571. The Hall–Kier alpha value is -1.36. The quantitative estimate of drug-likeness (QED) is 0.780. The molecule has 1 aliphatic rings. The smallest absolute Gasteiger partial charge is 0.239 e. The minimum atomic E-state index is -0.0288. The molecule has 1 amide bonds. The van der Waals surface area contributed by atoms with Gasteiger partial charge in [0.25, 0.3) is 0 Å². The van der Waals surface area contributed by atoms with Gasteiger partial charge >= 0.3 is 0 Å². The molecule has 0 unspecified atom stereocenters. The highest BCUT2D eigenvalue weighted by Crippen LogP contribution is 2.21. The number of carbonyl (C=O) groups excluding carboxylic acids is 1. The molecular weight excluding hydrogens is 240 g/mol. The van der Waals surface area contributed by atoms with Crippen LogP contribution in [0, 0.1) is 0 Å². The van der Waals surface area contributed by atoms with E-state index in [-0.39, 0.29) is 11.3 Å². The number of H-pyrrole nitrogens is 1. The lowest BCUT2D eigenvalue weighted by atomic mass is 9.92. The van der Waals surface area contributed by atoms with Gasteiger partial charge < -0.3 is 10.6 Å². The number of hydrogen-bond acceptors (Lipinski definition) is 3. The first-order chi connectivity index (χ1) is 8.95. The maximum atomic E-state index is 11.8. The Bertz CT molecular complexity index is 427. The van der Waals surface area contributed by atoms with Crippen molar-refractivity contribution in [3.63, 3.8) is 0 Å². The molecule has 1 aromatic rings. The highest BCUT2D eigenvalue weighted by molar-refractivity contribution is 5.91. The standard InChI is InChI=1S/C14H24N4O/c1-14(2,3)11-8-12(18-17-11)16-13(19)9-15-10-6-4-5-7-10/h8,10,15H,4-7,9H2,1-3H3,(H2,16,17,18,19). The number of hydrogen-bond donors (Lipinski definition) is 3. The zero-order chi connectivity index (χ0) is 13.9. The van der Waals surface area contributed by atoms with Crippen molar-refractivity contribution in [2.45, 2.75) is 57.9 Å². The summed E-state index contributed by atoms with van der Waals surface area (Å²) in [6, 6.07) is 2.41. The van der Waals surface area contributed by atoms with E-state index < -0.39 is 0 Å². The second kappa shape index (κ2) is 5.74. The molecular formula is C14H24N4O. The Morgan fingerprint density at radius 1 is 1.42 bits per heavy atom.